The highest BCUT2D eigenvalue weighted by atomic mass is 19.1. The van der Waals surface area contributed by atoms with Crippen LogP contribution in [0.1, 0.15) is 11.6 Å². The van der Waals surface area contributed by atoms with E-state index in [9.17, 15) is 4.39 Å². The minimum atomic E-state index is -0.382. The molecule has 3 nitrogen and oxygen atoms in total. The largest absolute Gasteiger partial charge is 0.491 e. The molecule has 0 aliphatic rings. The second kappa shape index (κ2) is 5.89. The molecule has 0 aliphatic heterocycles. The van der Waals surface area contributed by atoms with Gasteiger partial charge >= 0.3 is 0 Å². The predicted octanol–water partition coefficient (Wildman–Crippen LogP) is 3.45. The summed E-state index contributed by atoms with van der Waals surface area (Å²) in [5, 5.41) is 0.937. The van der Waals surface area contributed by atoms with Gasteiger partial charge in [-0.1, -0.05) is 18.2 Å². The van der Waals surface area contributed by atoms with Crippen LogP contribution in [-0.4, -0.2) is 11.6 Å². The molecule has 4 heteroatoms. The summed E-state index contributed by atoms with van der Waals surface area (Å²) in [4.78, 5) is 4.28. The molecule has 1 unspecified atom stereocenters. The molecule has 0 saturated carbocycles. The zero-order chi connectivity index (χ0) is 14.7. The van der Waals surface area contributed by atoms with Crippen molar-refractivity contribution in [2.24, 2.45) is 5.73 Å². The Hall–Kier alpha value is -2.46. The molecule has 106 valence electrons. The molecule has 0 bridgehead atoms. The molecule has 0 spiro atoms. The molecule has 0 aliphatic carbocycles. The first-order valence-electron chi connectivity index (χ1n) is 6.71. The van der Waals surface area contributed by atoms with Crippen molar-refractivity contribution >= 4 is 10.9 Å². The number of hydrogen-bond donors (Lipinski definition) is 1. The summed E-state index contributed by atoms with van der Waals surface area (Å²) in [7, 11) is 0. The molecule has 0 fully saturated rings. The number of nitrogens with two attached hydrogens (primary N) is 1. The predicted molar refractivity (Wildman–Crippen MR) is 80.6 cm³/mol. The smallest absolute Gasteiger partial charge is 0.128 e. The molecule has 0 radical (unpaired) electrons. The molecule has 3 rings (SSSR count). The second-order valence-corrected chi connectivity index (χ2v) is 4.80. The van der Waals surface area contributed by atoms with E-state index in [0.29, 0.717) is 5.56 Å². The van der Waals surface area contributed by atoms with Crippen molar-refractivity contribution in [1.82, 2.24) is 4.98 Å². The lowest BCUT2D eigenvalue weighted by atomic mass is 10.1. The fraction of sp³-hybridized carbons (Fsp3) is 0.118. The number of pyridine rings is 1. The van der Waals surface area contributed by atoms with E-state index in [0.717, 1.165) is 16.7 Å². The van der Waals surface area contributed by atoms with Crippen LogP contribution in [0.3, 0.4) is 0 Å². The van der Waals surface area contributed by atoms with Crippen LogP contribution in [0.2, 0.25) is 0 Å². The normalized spacial score (nSPS) is 12.3. The van der Waals surface area contributed by atoms with E-state index in [1.54, 1.807) is 18.3 Å². The summed E-state index contributed by atoms with van der Waals surface area (Å²) in [5.74, 6) is 0.435. The van der Waals surface area contributed by atoms with Crippen molar-refractivity contribution in [3.8, 4) is 5.75 Å². The highest BCUT2D eigenvalue weighted by Gasteiger charge is 2.09. The Labute approximate surface area is 122 Å². The number of ether oxygens (including phenoxy) is 1. The first kappa shape index (κ1) is 13.5. The number of halogens is 1. The van der Waals surface area contributed by atoms with Crippen LogP contribution in [-0.2, 0) is 0 Å². The lowest BCUT2D eigenvalue weighted by Crippen LogP contribution is -2.19. The Bertz CT molecular complexity index is 755. The van der Waals surface area contributed by atoms with Crippen LogP contribution < -0.4 is 10.5 Å². The van der Waals surface area contributed by atoms with Gasteiger partial charge in [-0.05, 0) is 42.0 Å². The van der Waals surface area contributed by atoms with Crippen molar-refractivity contribution < 1.29 is 9.13 Å². The van der Waals surface area contributed by atoms with Gasteiger partial charge in [0.1, 0.15) is 18.2 Å². The standard InChI is InChI=1S/C17H15FN2O/c18-13-5-1-4-12(10-13)15(19)11-21-17-8-2-7-16-14(17)6-3-9-20-16/h1-10,15H,11,19H2. The SMILES string of the molecule is NC(COc1cccc2ncccc12)c1cccc(F)c1. The van der Waals surface area contributed by atoms with Crippen LogP contribution in [0, 0.1) is 5.82 Å². The Balaban J connectivity index is 1.77. The fourth-order valence-electron chi connectivity index (χ4n) is 2.21. The highest BCUT2D eigenvalue weighted by Crippen LogP contribution is 2.24. The van der Waals surface area contributed by atoms with Crippen LogP contribution in [0.15, 0.2) is 60.8 Å². The van der Waals surface area contributed by atoms with E-state index < -0.39 is 0 Å². The summed E-state index contributed by atoms with van der Waals surface area (Å²) in [6.07, 6.45) is 1.74. The summed E-state index contributed by atoms with van der Waals surface area (Å²) in [6, 6.07) is 15.4. The monoisotopic (exact) mass is 282 g/mol. The quantitative estimate of drug-likeness (QED) is 0.797. The Morgan fingerprint density at radius 2 is 1.95 bits per heavy atom. The topological polar surface area (TPSA) is 48.1 Å². The van der Waals surface area contributed by atoms with Gasteiger partial charge < -0.3 is 10.5 Å². The second-order valence-electron chi connectivity index (χ2n) is 4.80. The number of aromatic nitrogens is 1. The maximum atomic E-state index is 13.2. The fourth-order valence-corrected chi connectivity index (χ4v) is 2.21. The number of fused-ring (bicyclic) bond motifs is 1. The number of benzene rings is 2. The summed E-state index contributed by atoms with van der Waals surface area (Å²) < 4.78 is 19.0. The molecular formula is C17H15FN2O. The lowest BCUT2D eigenvalue weighted by molar-refractivity contribution is 0.293. The molecule has 1 atom stereocenters. The zero-order valence-electron chi connectivity index (χ0n) is 11.4. The minimum Gasteiger partial charge on any atom is -0.491 e. The number of rotatable bonds is 4. The van der Waals surface area contributed by atoms with Crippen LogP contribution in [0.4, 0.5) is 4.39 Å². The molecule has 2 N–H and O–H groups in total. The molecule has 3 aromatic rings. The summed E-state index contributed by atoms with van der Waals surface area (Å²) in [6.45, 7) is 0.275. The molecule has 21 heavy (non-hydrogen) atoms. The molecular weight excluding hydrogens is 267 g/mol. The molecule has 0 amide bonds. The van der Waals surface area contributed by atoms with E-state index in [1.165, 1.54) is 12.1 Å². The van der Waals surface area contributed by atoms with Crippen molar-refractivity contribution in [2.75, 3.05) is 6.61 Å². The average Bonchev–Trinajstić information content (AvgIpc) is 2.52. The van der Waals surface area contributed by atoms with Gasteiger partial charge in [-0.2, -0.15) is 0 Å². The first-order chi connectivity index (χ1) is 10.2. The lowest BCUT2D eigenvalue weighted by Gasteiger charge is -2.14. The van der Waals surface area contributed by atoms with E-state index in [4.69, 9.17) is 10.5 Å². The molecule has 2 aromatic carbocycles. The van der Waals surface area contributed by atoms with E-state index in [2.05, 4.69) is 4.98 Å². The van der Waals surface area contributed by atoms with Crippen LogP contribution in [0.5, 0.6) is 5.75 Å². The van der Waals surface area contributed by atoms with Gasteiger partial charge in [-0.3, -0.25) is 4.98 Å². The third-order valence-corrected chi connectivity index (χ3v) is 3.30. The van der Waals surface area contributed by atoms with Crippen molar-refractivity contribution in [2.45, 2.75) is 6.04 Å². The molecule has 1 aromatic heterocycles. The van der Waals surface area contributed by atoms with Crippen molar-refractivity contribution in [3.63, 3.8) is 0 Å². The maximum absolute atomic E-state index is 13.2. The van der Waals surface area contributed by atoms with Crippen molar-refractivity contribution in [1.29, 1.82) is 0 Å². The highest BCUT2D eigenvalue weighted by molar-refractivity contribution is 5.84. The van der Waals surface area contributed by atoms with Gasteiger partial charge in [0.25, 0.3) is 0 Å². The van der Waals surface area contributed by atoms with Gasteiger partial charge in [-0.25, -0.2) is 4.39 Å². The van der Waals surface area contributed by atoms with E-state index in [-0.39, 0.29) is 18.5 Å². The third kappa shape index (κ3) is 3.01. The average molecular weight is 282 g/mol. The van der Waals surface area contributed by atoms with Crippen LogP contribution in [0.25, 0.3) is 10.9 Å². The number of hydrogen-bond acceptors (Lipinski definition) is 3. The summed E-state index contributed by atoms with van der Waals surface area (Å²) >= 11 is 0. The maximum Gasteiger partial charge on any atom is 0.128 e. The molecule has 0 saturated heterocycles. The third-order valence-electron chi connectivity index (χ3n) is 3.30. The Kier molecular flexibility index (Phi) is 3.79. The molecule has 1 heterocycles. The first-order valence-corrected chi connectivity index (χ1v) is 6.71. The summed E-state index contributed by atoms with van der Waals surface area (Å²) in [5.41, 5.74) is 7.63. The van der Waals surface area contributed by atoms with Gasteiger partial charge in [0.05, 0.1) is 11.6 Å². The zero-order valence-corrected chi connectivity index (χ0v) is 11.4. The van der Waals surface area contributed by atoms with Gasteiger partial charge in [-0.15, -0.1) is 0 Å². The van der Waals surface area contributed by atoms with Crippen molar-refractivity contribution in [3.05, 3.63) is 72.2 Å². The Morgan fingerprint density at radius 3 is 2.81 bits per heavy atom. The van der Waals surface area contributed by atoms with Gasteiger partial charge in [0.2, 0.25) is 0 Å². The van der Waals surface area contributed by atoms with Crippen LogP contribution >= 0.6 is 0 Å². The van der Waals surface area contributed by atoms with E-state index in [1.807, 2.05) is 30.3 Å². The van der Waals surface area contributed by atoms with E-state index >= 15 is 0 Å². The number of nitrogens with zero attached hydrogens (tertiary/aromatic N) is 1. The van der Waals surface area contributed by atoms with Gasteiger partial charge in [0.15, 0.2) is 0 Å². The van der Waals surface area contributed by atoms with Gasteiger partial charge in [0, 0.05) is 11.6 Å². The minimum absolute atomic E-state index is 0.275. The Morgan fingerprint density at radius 1 is 1.10 bits per heavy atom.